The average molecular weight is 379 g/mol. The van der Waals surface area contributed by atoms with Crippen molar-refractivity contribution in [3.8, 4) is 11.6 Å². The number of fused-ring (bicyclic) bond motifs is 1. The summed E-state index contributed by atoms with van der Waals surface area (Å²) >= 11 is 11.9. The van der Waals surface area contributed by atoms with Crippen molar-refractivity contribution in [1.82, 2.24) is 9.97 Å². The molecule has 0 aliphatic carbocycles. The lowest BCUT2D eigenvalue weighted by Crippen LogP contribution is -2.10. The number of hydrogen-bond acceptors (Lipinski definition) is 5. The van der Waals surface area contributed by atoms with E-state index in [0.29, 0.717) is 32.4 Å². The smallest absolute Gasteiger partial charge is 0.308 e. The molecule has 0 radical (unpaired) electrons. The standard InChI is InChI=1S/C17H12Cl2N2O4/c18-10-4-5-13-14(6-10)20-8-16(21-13)25-9-24-15-3-1-2-12(19)11(15)7-17(22)23/h1-6,8H,7,9H2,(H,22,23). The van der Waals surface area contributed by atoms with Crippen LogP contribution in [0.4, 0.5) is 0 Å². The van der Waals surface area contributed by atoms with Gasteiger partial charge in [-0.1, -0.05) is 29.3 Å². The lowest BCUT2D eigenvalue weighted by atomic mass is 10.1. The van der Waals surface area contributed by atoms with E-state index in [-0.39, 0.29) is 19.1 Å². The summed E-state index contributed by atoms with van der Waals surface area (Å²) in [6.45, 7) is -0.166. The molecule has 3 rings (SSSR count). The van der Waals surface area contributed by atoms with Crippen LogP contribution in [0.15, 0.2) is 42.6 Å². The van der Waals surface area contributed by atoms with E-state index in [4.69, 9.17) is 37.8 Å². The lowest BCUT2D eigenvalue weighted by molar-refractivity contribution is -0.136. The van der Waals surface area contributed by atoms with Crippen LogP contribution >= 0.6 is 23.2 Å². The molecule has 3 aromatic rings. The summed E-state index contributed by atoms with van der Waals surface area (Å²) < 4.78 is 10.9. The Morgan fingerprint density at radius 2 is 1.96 bits per heavy atom. The van der Waals surface area contributed by atoms with Crippen LogP contribution in [0.3, 0.4) is 0 Å². The van der Waals surface area contributed by atoms with E-state index in [9.17, 15) is 4.79 Å². The molecule has 0 saturated heterocycles. The lowest BCUT2D eigenvalue weighted by Gasteiger charge is -2.12. The first-order valence-corrected chi connectivity index (χ1v) is 7.95. The van der Waals surface area contributed by atoms with Crippen molar-refractivity contribution < 1.29 is 19.4 Å². The summed E-state index contributed by atoms with van der Waals surface area (Å²) in [6, 6.07) is 10.1. The van der Waals surface area contributed by atoms with E-state index in [1.165, 1.54) is 6.20 Å². The number of carbonyl (C=O) groups is 1. The number of carboxylic acids is 1. The molecular formula is C17H12Cl2N2O4. The first-order valence-electron chi connectivity index (χ1n) is 7.20. The number of nitrogens with zero attached hydrogens (tertiary/aromatic N) is 2. The molecule has 1 aromatic heterocycles. The van der Waals surface area contributed by atoms with Crippen LogP contribution < -0.4 is 9.47 Å². The number of hydrogen-bond donors (Lipinski definition) is 1. The molecule has 0 fully saturated rings. The molecule has 8 heteroatoms. The molecule has 0 amide bonds. The van der Waals surface area contributed by atoms with Gasteiger partial charge < -0.3 is 14.6 Å². The Labute approximate surface area is 152 Å². The third kappa shape index (κ3) is 4.29. The number of benzene rings is 2. The van der Waals surface area contributed by atoms with Crippen LogP contribution in [0, 0.1) is 0 Å². The van der Waals surface area contributed by atoms with E-state index in [1.54, 1.807) is 36.4 Å². The van der Waals surface area contributed by atoms with E-state index < -0.39 is 5.97 Å². The first-order chi connectivity index (χ1) is 12.0. The highest BCUT2D eigenvalue weighted by atomic mass is 35.5. The molecule has 0 aliphatic heterocycles. The van der Waals surface area contributed by atoms with Gasteiger partial charge in [-0.15, -0.1) is 0 Å². The minimum Gasteiger partial charge on any atom is -0.481 e. The molecule has 1 heterocycles. The minimum absolute atomic E-state index is 0.166. The summed E-state index contributed by atoms with van der Waals surface area (Å²) in [7, 11) is 0. The van der Waals surface area contributed by atoms with E-state index in [0.717, 1.165) is 0 Å². The van der Waals surface area contributed by atoms with E-state index in [1.807, 2.05) is 0 Å². The van der Waals surface area contributed by atoms with Gasteiger partial charge in [0.1, 0.15) is 5.75 Å². The molecule has 6 nitrogen and oxygen atoms in total. The molecule has 0 atom stereocenters. The fourth-order valence-electron chi connectivity index (χ4n) is 2.19. The van der Waals surface area contributed by atoms with Crippen LogP contribution in [0.2, 0.25) is 10.0 Å². The zero-order valence-corrected chi connectivity index (χ0v) is 14.3. The largest absolute Gasteiger partial charge is 0.481 e. The van der Waals surface area contributed by atoms with Crippen molar-refractivity contribution in [3.63, 3.8) is 0 Å². The maximum absolute atomic E-state index is 10.9. The van der Waals surface area contributed by atoms with Gasteiger partial charge in [0.2, 0.25) is 12.7 Å². The Balaban J connectivity index is 1.70. The van der Waals surface area contributed by atoms with Gasteiger partial charge in [0, 0.05) is 15.6 Å². The number of rotatable bonds is 6. The number of aromatic nitrogens is 2. The highest BCUT2D eigenvalue weighted by molar-refractivity contribution is 6.31. The second-order valence-electron chi connectivity index (χ2n) is 5.03. The van der Waals surface area contributed by atoms with Crippen molar-refractivity contribution in [3.05, 3.63) is 58.2 Å². The van der Waals surface area contributed by atoms with Crippen LogP contribution in [-0.2, 0) is 11.2 Å². The maximum Gasteiger partial charge on any atom is 0.308 e. The Kier molecular flexibility index (Phi) is 5.21. The van der Waals surface area contributed by atoms with Gasteiger partial charge in [-0.3, -0.25) is 4.79 Å². The van der Waals surface area contributed by atoms with Crippen LogP contribution in [0.25, 0.3) is 11.0 Å². The Morgan fingerprint density at radius 3 is 2.76 bits per heavy atom. The number of aliphatic carboxylic acids is 1. The monoisotopic (exact) mass is 378 g/mol. The molecule has 0 saturated carbocycles. The van der Waals surface area contributed by atoms with Crippen molar-refractivity contribution in [2.45, 2.75) is 6.42 Å². The Bertz CT molecular complexity index is 934. The quantitative estimate of drug-likeness (QED) is 0.653. The van der Waals surface area contributed by atoms with Crippen LogP contribution in [0.5, 0.6) is 11.6 Å². The normalized spacial score (nSPS) is 10.6. The predicted octanol–water partition coefficient (Wildman–Crippen LogP) is 3.98. The molecular weight excluding hydrogens is 367 g/mol. The van der Waals surface area contributed by atoms with Crippen molar-refractivity contribution in [2.75, 3.05) is 6.79 Å². The fraction of sp³-hybridized carbons (Fsp3) is 0.118. The third-order valence-electron chi connectivity index (χ3n) is 3.31. The molecule has 0 unspecified atom stereocenters. The molecule has 1 N–H and O–H groups in total. The first kappa shape index (κ1) is 17.3. The van der Waals surface area contributed by atoms with Gasteiger partial charge >= 0.3 is 5.97 Å². The van der Waals surface area contributed by atoms with Gasteiger partial charge in [-0.25, -0.2) is 9.97 Å². The van der Waals surface area contributed by atoms with Crippen LogP contribution in [0.1, 0.15) is 5.56 Å². The van der Waals surface area contributed by atoms with E-state index >= 15 is 0 Å². The van der Waals surface area contributed by atoms with Gasteiger partial charge in [0.05, 0.1) is 23.7 Å². The minimum atomic E-state index is -1.00. The predicted molar refractivity (Wildman–Crippen MR) is 93.5 cm³/mol. The van der Waals surface area contributed by atoms with Crippen molar-refractivity contribution in [1.29, 1.82) is 0 Å². The number of halogens is 2. The zero-order valence-electron chi connectivity index (χ0n) is 12.8. The number of carboxylic acid groups (broad SMARTS) is 1. The highest BCUT2D eigenvalue weighted by Gasteiger charge is 2.12. The molecule has 0 aliphatic rings. The zero-order chi connectivity index (χ0) is 17.8. The molecule has 0 spiro atoms. The molecule has 128 valence electrons. The maximum atomic E-state index is 10.9. The molecule has 25 heavy (non-hydrogen) atoms. The average Bonchev–Trinajstić information content (AvgIpc) is 2.57. The molecule has 2 aromatic carbocycles. The summed E-state index contributed by atoms with van der Waals surface area (Å²) in [5, 5.41) is 9.86. The summed E-state index contributed by atoms with van der Waals surface area (Å²) in [6.07, 6.45) is 1.21. The van der Waals surface area contributed by atoms with Crippen molar-refractivity contribution in [2.24, 2.45) is 0 Å². The van der Waals surface area contributed by atoms with Gasteiger partial charge in [0.25, 0.3) is 0 Å². The van der Waals surface area contributed by atoms with Gasteiger partial charge in [-0.05, 0) is 30.3 Å². The second-order valence-corrected chi connectivity index (χ2v) is 5.88. The van der Waals surface area contributed by atoms with Gasteiger partial charge in [-0.2, -0.15) is 0 Å². The highest BCUT2D eigenvalue weighted by Crippen LogP contribution is 2.27. The summed E-state index contributed by atoms with van der Waals surface area (Å²) in [5.74, 6) is -0.384. The Morgan fingerprint density at radius 1 is 1.12 bits per heavy atom. The third-order valence-corrected chi connectivity index (χ3v) is 3.90. The Hall–Kier alpha value is -2.57. The second kappa shape index (κ2) is 7.55. The van der Waals surface area contributed by atoms with Crippen molar-refractivity contribution >= 4 is 40.2 Å². The SMILES string of the molecule is O=C(O)Cc1c(Cl)cccc1OCOc1cnc2cc(Cl)ccc2n1. The molecule has 0 bridgehead atoms. The number of ether oxygens (including phenoxy) is 2. The van der Waals surface area contributed by atoms with E-state index in [2.05, 4.69) is 9.97 Å². The fourth-order valence-corrected chi connectivity index (χ4v) is 2.59. The summed E-state index contributed by atoms with van der Waals surface area (Å²) in [4.78, 5) is 19.4. The topological polar surface area (TPSA) is 81.5 Å². The van der Waals surface area contributed by atoms with Crippen LogP contribution in [-0.4, -0.2) is 27.8 Å². The van der Waals surface area contributed by atoms with Gasteiger partial charge in [0.15, 0.2) is 0 Å². The summed E-state index contributed by atoms with van der Waals surface area (Å²) in [5.41, 5.74) is 1.68.